The van der Waals surface area contributed by atoms with E-state index in [4.69, 9.17) is 22.1 Å². The molecule has 0 atom stereocenters. The minimum absolute atomic E-state index is 0.747. The lowest BCUT2D eigenvalue weighted by molar-refractivity contribution is 0.353. The number of hydrogen-bond acceptors (Lipinski definition) is 3. The van der Waals surface area contributed by atoms with Crippen LogP contribution in [0.5, 0.6) is 5.75 Å². The molecule has 2 aromatic rings. The van der Waals surface area contributed by atoms with E-state index in [1.165, 1.54) is 5.56 Å². The van der Waals surface area contributed by atoms with Gasteiger partial charge in [-0.25, -0.2) is 0 Å². The van der Waals surface area contributed by atoms with Gasteiger partial charge in [-0.3, -0.25) is 0 Å². The summed E-state index contributed by atoms with van der Waals surface area (Å²) in [7, 11) is 0. The first-order valence-corrected chi connectivity index (χ1v) is 7.59. The van der Waals surface area contributed by atoms with Crippen molar-refractivity contribution in [3.8, 4) is 5.75 Å². The molecule has 0 amide bonds. The summed E-state index contributed by atoms with van der Waals surface area (Å²) in [5.74, 6) is 1.01. The predicted molar refractivity (Wildman–Crippen MR) is 88.2 cm³/mol. The molecule has 1 aliphatic heterocycles. The summed E-state index contributed by atoms with van der Waals surface area (Å²) in [4.78, 5) is 2.28. The third-order valence-electron chi connectivity index (χ3n) is 3.83. The summed E-state index contributed by atoms with van der Waals surface area (Å²) in [6.07, 6.45) is 0.941. The van der Waals surface area contributed by atoms with E-state index in [0.717, 1.165) is 53.8 Å². The van der Waals surface area contributed by atoms with E-state index in [1.807, 2.05) is 36.4 Å². The minimum Gasteiger partial charge on any atom is -0.493 e. The van der Waals surface area contributed by atoms with Crippen molar-refractivity contribution >= 4 is 23.0 Å². The number of benzene rings is 2. The molecule has 2 N–H and O–H groups in total. The molecule has 0 saturated carbocycles. The van der Waals surface area contributed by atoms with Gasteiger partial charge in [0, 0.05) is 41.5 Å². The number of halogens is 1. The van der Waals surface area contributed by atoms with Crippen molar-refractivity contribution in [2.45, 2.75) is 19.9 Å². The van der Waals surface area contributed by atoms with Gasteiger partial charge in [-0.05, 0) is 48.9 Å². The van der Waals surface area contributed by atoms with Gasteiger partial charge in [0.2, 0.25) is 0 Å². The van der Waals surface area contributed by atoms with Crippen LogP contribution in [0.2, 0.25) is 5.02 Å². The van der Waals surface area contributed by atoms with Crippen molar-refractivity contribution in [1.82, 2.24) is 0 Å². The lowest BCUT2D eigenvalue weighted by Gasteiger charge is -2.24. The van der Waals surface area contributed by atoms with Gasteiger partial charge in [-0.15, -0.1) is 0 Å². The average Bonchev–Trinajstić information content (AvgIpc) is 2.94. The number of nitrogens with zero attached hydrogens (tertiary/aromatic N) is 1. The first-order chi connectivity index (χ1) is 10.2. The van der Waals surface area contributed by atoms with E-state index in [0.29, 0.717) is 0 Å². The molecule has 0 fully saturated rings. The predicted octanol–water partition coefficient (Wildman–Crippen LogP) is 3.88. The fourth-order valence-corrected chi connectivity index (χ4v) is 3.00. The monoisotopic (exact) mass is 302 g/mol. The summed E-state index contributed by atoms with van der Waals surface area (Å²) < 4.78 is 5.78. The zero-order chi connectivity index (χ0) is 14.8. The summed E-state index contributed by atoms with van der Waals surface area (Å²) in [6, 6.07) is 12.0. The molecule has 1 heterocycles. The van der Waals surface area contributed by atoms with Crippen LogP contribution < -0.4 is 15.4 Å². The fourth-order valence-electron chi connectivity index (χ4n) is 2.74. The molecule has 0 radical (unpaired) electrons. The van der Waals surface area contributed by atoms with Crippen molar-refractivity contribution in [3.63, 3.8) is 0 Å². The molecule has 3 rings (SSSR count). The Morgan fingerprint density at radius 2 is 2.00 bits per heavy atom. The molecule has 0 spiro atoms. The molecule has 2 aromatic carbocycles. The second kappa shape index (κ2) is 5.86. The van der Waals surface area contributed by atoms with Crippen molar-refractivity contribution in [1.29, 1.82) is 0 Å². The van der Waals surface area contributed by atoms with Gasteiger partial charge in [0.15, 0.2) is 0 Å². The third-order valence-corrected chi connectivity index (χ3v) is 4.04. The Kier molecular flexibility index (Phi) is 3.93. The van der Waals surface area contributed by atoms with Crippen molar-refractivity contribution in [2.75, 3.05) is 23.8 Å². The fraction of sp³-hybridized carbons (Fsp3) is 0.294. The highest BCUT2D eigenvalue weighted by Crippen LogP contribution is 2.34. The van der Waals surface area contributed by atoms with Crippen molar-refractivity contribution < 1.29 is 4.74 Å². The molecular formula is C17H19ClN2O. The van der Waals surface area contributed by atoms with Crippen LogP contribution in [0, 0.1) is 0 Å². The van der Waals surface area contributed by atoms with E-state index in [1.54, 1.807) is 0 Å². The van der Waals surface area contributed by atoms with Gasteiger partial charge < -0.3 is 15.4 Å². The van der Waals surface area contributed by atoms with Gasteiger partial charge in [0.05, 0.1) is 6.61 Å². The summed E-state index contributed by atoms with van der Waals surface area (Å²) >= 11 is 6.23. The third kappa shape index (κ3) is 2.93. The highest BCUT2D eigenvalue weighted by Gasteiger charge is 2.19. The zero-order valence-electron chi connectivity index (χ0n) is 12.1. The second-order valence-electron chi connectivity index (χ2n) is 5.26. The van der Waals surface area contributed by atoms with Crippen LogP contribution in [0.15, 0.2) is 36.4 Å². The normalized spacial score (nSPS) is 12.9. The second-order valence-corrected chi connectivity index (χ2v) is 5.69. The van der Waals surface area contributed by atoms with E-state index in [9.17, 15) is 0 Å². The highest BCUT2D eigenvalue weighted by atomic mass is 35.5. The molecule has 4 heteroatoms. The Morgan fingerprint density at radius 1 is 1.24 bits per heavy atom. The summed E-state index contributed by atoms with van der Waals surface area (Å²) in [5.41, 5.74) is 10.0. The van der Waals surface area contributed by atoms with Gasteiger partial charge in [-0.1, -0.05) is 11.6 Å². The van der Waals surface area contributed by atoms with Crippen LogP contribution in [-0.2, 0) is 13.0 Å². The first-order valence-electron chi connectivity index (χ1n) is 7.22. The molecule has 0 bridgehead atoms. The lowest BCUT2D eigenvalue weighted by Crippen LogP contribution is -2.22. The van der Waals surface area contributed by atoms with Crippen LogP contribution in [0.1, 0.15) is 18.1 Å². The average molecular weight is 303 g/mol. The van der Waals surface area contributed by atoms with E-state index in [2.05, 4.69) is 11.8 Å². The van der Waals surface area contributed by atoms with E-state index < -0.39 is 0 Å². The van der Waals surface area contributed by atoms with Crippen molar-refractivity contribution in [2.24, 2.45) is 0 Å². The molecule has 0 unspecified atom stereocenters. The van der Waals surface area contributed by atoms with Crippen LogP contribution in [0.3, 0.4) is 0 Å². The Bertz CT molecular complexity index is 640. The topological polar surface area (TPSA) is 38.5 Å². The highest BCUT2D eigenvalue weighted by molar-refractivity contribution is 6.30. The van der Waals surface area contributed by atoms with Gasteiger partial charge in [0.25, 0.3) is 0 Å². The number of nitrogens with two attached hydrogens (primary N) is 1. The quantitative estimate of drug-likeness (QED) is 0.871. The number of anilines is 2. The SMILES string of the molecule is CCN(Cc1cc(Cl)cc2c1OCC2)c1ccc(N)cc1. The summed E-state index contributed by atoms with van der Waals surface area (Å²) in [5, 5.41) is 0.780. The zero-order valence-corrected chi connectivity index (χ0v) is 12.9. The maximum atomic E-state index is 6.23. The first kappa shape index (κ1) is 14.1. The summed E-state index contributed by atoms with van der Waals surface area (Å²) in [6.45, 7) is 4.58. The Labute approximate surface area is 130 Å². The Hall–Kier alpha value is -1.87. The van der Waals surface area contributed by atoms with Gasteiger partial charge in [-0.2, -0.15) is 0 Å². The Morgan fingerprint density at radius 3 is 2.71 bits per heavy atom. The van der Waals surface area contributed by atoms with E-state index >= 15 is 0 Å². The molecule has 0 aromatic heterocycles. The maximum absolute atomic E-state index is 6.23. The molecular weight excluding hydrogens is 284 g/mol. The maximum Gasteiger partial charge on any atom is 0.127 e. The molecule has 0 saturated heterocycles. The van der Waals surface area contributed by atoms with Gasteiger partial charge in [0.1, 0.15) is 5.75 Å². The van der Waals surface area contributed by atoms with Crippen LogP contribution >= 0.6 is 11.6 Å². The molecule has 0 aliphatic carbocycles. The number of rotatable bonds is 4. The number of nitrogen functional groups attached to an aromatic ring is 1. The van der Waals surface area contributed by atoms with Crippen LogP contribution in [0.25, 0.3) is 0 Å². The molecule has 21 heavy (non-hydrogen) atoms. The molecule has 3 nitrogen and oxygen atoms in total. The largest absolute Gasteiger partial charge is 0.493 e. The van der Waals surface area contributed by atoms with Crippen LogP contribution in [-0.4, -0.2) is 13.2 Å². The number of fused-ring (bicyclic) bond motifs is 1. The molecule has 110 valence electrons. The minimum atomic E-state index is 0.747. The standard InChI is InChI=1S/C17H19ClN2O/c1-2-20(16-5-3-15(19)4-6-16)11-13-10-14(18)9-12-7-8-21-17(12)13/h3-6,9-10H,2,7-8,11,19H2,1H3. The number of hydrogen-bond donors (Lipinski definition) is 1. The molecule has 1 aliphatic rings. The van der Waals surface area contributed by atoms with Gasteiger partial charge >= 0.3 is 0 Å². The van der Waals surface area contributed by atoms with Crippen LogP contribution in [0.4, 0.5) is 11.4 Å². The smallest absolute Gasteiger partial charge is 0.127 e. The lowest BCUT2D eigenvalue weighted by atomic mass is 10.1. The van der Waals surface area contributed by atoms with E-state index in [-0.39, 0.29) is 0 Å². The Balaban J connectivity index is 1.89. The van der Waals surface area contributed by atoms with Crippen molar-refractivity contribution in [3.05, 3.63) is 52.5 Å². The number of ether oxygens (including phenoxy) is 1.